The smallest absolute Gasteiger partial charge is 0.173 e. The topological polar surface area (TPSA) is 68.5 Å². The second kappa shape index (κ2) is 10.6. The molecule has 0 spiro atoms. The molecule has 1 aliphatic heterocycles. The number of hydrogen-bond donors (Lipinski definition) is 0. The third kappa shape index (κ3) is 4.82. The van der Waals surface area contributed by atoms with Crippen LogP contribution in [-0.2, 0) is 0 Å². The summed E-state index contributed by atoms with van der Waals surface area (Å²) in [6.07, 6.45) is 5.87. The van der Waals surface area contributed by atoms with Crippen LogP contribution in [0.1, 0.15) is 55.6 Å². The average Bonchev–Trinajstić information content (AvgIpc) is 3.39. The van der Waals surface area contributed by atoms with Gasteiger partial charge >= 0.3 is 0 Å². The molecule has 8 nitrogen and oxygen atoms in total. The summed E-state index contributed by atoms with van der Waals surface area (Å²) in [4.78, 5) is 4.71. The van der Waals surface area contributed by atoms with Gasteiger partial charge in [0, 0.05) is 37.4 Å². The summed E-state index contributed by atoms with van der Waals surface area (Å²) >= 11 is 0. The van der Waals surface area contributed by atoms with Crippen LogP contribution >= 0.6 is 0 Å². The molecule has 1 atom stereocenters. The molecule has 2 aliphatic rings. The van der Waals surface area contributed by atoms with Crippen molar-refractivity contribution < 1.29 is 13.9 Å². The lowest BCUT2D eigenvalue weighted by Crippen LogP contribution is -2.48. The first-order valence-corrected chi connectivity index (χ1v) is 12.4. The Morgan fingerprint density at radius 3 is 2.34 bits per heavy atom. The first kappa shape index (κ1) is 23.5. The molecule has 9 heteroatoms. The summed E-state index contributed by atoms with van der Waals surface area (Å²) in [6, 6.07) is 12.9. The molecule has 2 fully saturated rings. The summed E-state index contributed by atoms with van der Waals surface area (Å²) in [5.74, 6) is 2.03. The van der Waals surface area contributed by atoms with Crippen LogP contribution in [0.15, 0.2) is 42.5 Å². The highest BCUT2D eigenvalue weighted by Crippen LogP contribution is 2.41. The maximum atomic E-state index is 13.4. The summed E-state index contributed by atoms with van der Waals surface area (Å²) in [5.41, 5.74) is 2.03. The minimum Gasteiger partial charge on any atom is -0.493 e. The number of tetrazole rings is 1. The number of hydrogen-bond acceptors (Lipinski definition) is 7. The average molecular weight is 481 g/mol. The molecule has 1 saturated heterocycles. The quantitative estimate of drug-likeness (QED) is 0.501. The molecule has 0 radical (unpaired) electrons. The molecule has 1 aliphatic carbocycles. The van der Waals surface area contributed by atoms with E-state index in [4.69, 9.17) is 9.47 Å². The van der Waals surface area contributed by atoms with Crippen LogP contribution in [0.5, 0.6) is 11.5 Å². The van der Waals surface area contributed by atoms with Crippen molar-refractivity contribution in [3.63, 3.8) is 0 Å². The molecule has 0 N–H and O–H groups in total. The standard InChI is InChI=1S/C26H33FN6O2/c1-34-23-10-6-9-22(25(23)35-2)24(26-28-29-30-33(26)21-7-4-3-5-8-21)32-17-15-31(16-18-32)20-13-11-19(27)12-14-20/h6,9-14,21,24H,3-5,7-8,15-18H2,1-2H3/t24-/m0/s1. The molecule has 186 valence electrons. The maximum Gasteiger partial charge on any atom is 0.173 e. The molecule has 35 heavy (non-hydrogen) atoms. The number of benzene rings is 2. The minimum atomic E-state index is -0.216. The first-order valence-electron chi connectivity index (χ1n) is 12.4. The molecule has 1 aromatic heterocycles. The number of rotatable bonds is 7. The van der Waals surface area contributed by atoms with E-state index in [1.54, 1.807) is 14.2 Å². The summed E-state index contributed by atoms with van der Waals surface area (Å²) in [5, 5.41) is 13.2. The first-order chi connectivity index (χ1) is 17.2. The van der Waals surface area contributed by atoms with E-state index in [1.807, 2.05) is 24.3 Å². The number of nitrogens with zero attached hydrogens (tertiary/aromatic N) is 6. The third-order valence-electron chi connectivity index (χ3n) is 7.28. The lowest BCUT2D eigenvalue weighted by molar-refractivity contribution is 0.190. The Labute approximate surface area is 205 Å². The molecule has 1 saturated carbocycles. The number of aromatic nitrogens is 4. The van der Waals surface area contributed by atoms with Gasteiger partial charge in [0.15, 0.2) is 17.3 Å². The van der Waals surface area contributed by atoms with Gasteiger partial charge in [-0.1, -0.05) is 31.4 Å². The van der Waals surface area contributed by atoms with E-state index in [9.17, 15) is 4.39 Å². The zero-order valence-electron chi connectivity index (χ0n) is 20.4. The molecule has 0 bridgehead atoms. The van der Waals surface area contributed by atoms with Crippen LogP contribution in [0.4, 0.5) is 10.1 Å². The van der Waals surface area contributed by atoms with Gasteiger partial charge in [0.1, 0.15) is 11.9 Å². The molecule has 0 amide bonds. The highest BCUT2D eigenvalue weighted by Gasteiger charge is 2.35. The fourth-order valence-electron chi connectivity index (χ4n) is 5.48. The van der Waals surface area contributed by atoms with E-state index in [1.165, 1.54) is 31.4 Å². The van der Waals surface area contributed by atoms with Crippen molar-refractivity contribution in [3.05, 3.63) is 59.7 Å². The van der Waals surface area contributed by atoms with Crippen molar-refractivity contribution in [1.29, 1.82) is 0 Å². The number of anilines is 1. The number of piperazine rings is 1. The van der Waals surface area contributed by atoms with E-state index >= 15 is 0 Å². The van der Waals surface area contributed by atoms with Gasteiger partial charge in [-0.25, -0.2) is 9.07 Å². The highest BCUT2D eigenvalue weighted by atomic mass is 19.1. The van der Waals surface area contributed by atoms with E-state index in [0.29, 0.717) is 17.5 Å². The molecule has 2 heterocycles. The van der Waals surface area contributed by atoms with Gasteiger partial charge in [0.25, 0.3) is 0 Å². The molecular weight excluding hydrogens is 447 g/mol. The van der Waals surface area contributed by atoms with Crippen LogP contribution < -0.4 is 14.4 Å². The number of ether oxygens (including phenoxy) is 2. The zero-order valence-corrected chi connectivity index (χ0v) is 20.4. The van der Waals surface area contributed by atoms with Crippen molar-refractivity contribution in [1.82, 2.24) is 25.1 Å². The monoisotopic (exact) mass is 480 g/mol. The Morgan fingerprint density at radius 1 is 0.914 bits per heavy atom. The fourth-order valence-corrected chi connectivity index (χ4v) is 5.48. The van der Waals surface area contributed by atoms with E-state index in [0.717, 1.165) is 56.1 Å². The van der Waals surface area contributed by atoms with Crippen molar-refractivity contribution in [3.8, 4) is 11.5 Å². The van der Waals surface area contributed by atoms with Crippen LogP contribution in [0.2, 0.25) is 0 Å². The van der Waals surface area contributed by atoms with Gasteiger partial charge < -0.3 is 14.4 Å². The Balaban J connectivity index is 1.49. The Hall–Kier alpha value is -3.20. The zero-order chi connectivity index (χ0) is 24.2. The molecule has 0 unspecified atom stereocenters. The van der Waals surface area contributed by atoms with Crippen molar-refractivity contribution in [2.45, 2.75) is 44.2 Å². The van der Waals surface area contributed by atoms with Gasteiger partial charge in [-0.15, -0.1) is 5.10 Å². The van der Waals surface area contributed by atoms with E-state index in [2.05, 4.69) is 36.1 Å². The number of para-hydroxylation sites is 1. The fraction of sp³-hybridized carbons (Fsp3) is 0.500. The molecule has 2 aromatic carbocycles. The van der Waals surface area contributed by atoms with Crippen molar-refractivity contribution in [2.24, 2.45) is 0 Å². The number of methoxy groups -OCH3 is 2. The van der Waals surface area contributed by atoms with Crippen LogP contribution in [-0.4, -0.2) is 65.5 Å². The van der Waals surface area contributed by atoms with Crippen molar-refractivity contribution in [2.75, 3.05) is 45.3 Å². The van der Waals surface area contributed by atoms with Crippen molar-refractivity contribution >= 4 is 5.69 Å². The van der Waals surface area contributed by atoms with Gasteiger partial charge in [-0.05, 0) is 53.6 Å². The molecular formula is C26H33FN6O2. The largest absolute Gasteiger partial charge is 0.493 e. The predicted molar refractivity (Wildman–Crippen MR) is 132 cm³/mol. The predicted octanol–water partition coefficient (Wildman–Crippen LogP) is 4.25. The lowest BCUT2D eigenvalue weighted by Gasteiger charge is -2.40. The second-order valence-corrected chi connectivity index (χ2v) is 9.26. The summed E-state index contributed by atoms with van der Waals surface area (Å²) in [6.45, 7) is 3.25. The molecule has 3 aromatic rings. The van der Waals surface area contributed by atoms with Crippen LogP contribution in [0.25, 0.3) is 0 Å². The number of halogens is 1. The van der Waals surface area contributed by atoms with Gasteiger partial charge in [-0.2, -0.15) is 0 Å². The van der Waals surface area contributed by atoms with Crippen LogP contribution in [0.3, 0.4) is 0 Å². The summed E-state index contributed by atoms with van der Waals surface area (Å²) in [7, 11) is 3.33. The summed E-state index contributed by atoms with van der Waals surface area (Å²) < 4.78 is 26.9. The van der Waals surface area contributed by atoms with Crippen LogP contribution in [0, 0.1) is 5.82 Å². The van der Waals surface area contributed by atoms with Gasteiger partial charge in [-0.3, -0.25) is 4.90 Å². The minimum absolute atomic E-state index is 0.174. The Kier molecular flexibility index (Phi) is 7.13. The maximum absolute atomic E-state index is 13.4. The third-order valence-corrected chi connectivity index (χ3v) is 7.28. The SMILES string of the molecule is COc1cccc([C@@H](c2nnnn2C2CCCCC2)N2CCN(c3ccc(F)cc3)CC2)c1OC. The van der Waals surface area contributed by atoms with E-state index in [-0.39, 0.29) is 11.9 Å². The highest BCUT2D eigenvalue weighted by molar-refractivity contribution is 5.50. The van der Waals surface area contributed by atoms with E-state index < -0.39 is 0 Å². The molecule has 5 rings (SSSR count). The normalized spacial score (nSPS) is 18.4. The Morgan fingerprint density at radius 2 is 1.66 bits per heavy atom. The second-order valence-electron chi connectivity index (χ2n) is 9.26. The van der Waals surface area contributed by atoms with Gasteiger partial charge in [0.05, 0.1) is 20.3 Å². The Bertz CT molecular complexity index is 1110. The lowest BCUT2D eigenvalue weighted by atomic mass is 9.94. The van der Waals surface area contributed by atoms with Gasteiger partial charge in [0.2, 0.25) is 0 Å².